The van der Waals surface area contributed by atoms with Crippen LogP contribution in [0.3, 0.4) is 0 Å². The van der Waals surface area contributed by atoms with Crippen LogP contribution in [0.2, 0.25) is 0 Å². The van der Waals surface area contributed by atoms with Gasteiger partial charge in [0.15, 0.2) is 0 Å². The van der Waals surface area contributed by atoms with Crippen LogP contribution in [-0.2, 0) is 0 Å². The first-order chi connectivity index (χ1) is 9.65. The van der Waals surface area contributed by atoms with Gasteiger partial charge in [0.2, 0.25) is 0 Å². The van der Waals surface area contributed by atoms with Gasteiger partial charge >= 0.3 is 0 Å². The summed E-state index contributed by atoms with van der Waals surface area (Å²) in [6.07, 6.45) is 2.80. The van der Waals surface area contributed by atoms with Crippen molar-refractivity contribution in [3.8, 4) is 5.75 Å². The first-order valence-electron chi connectivity index (χ1n) is 7.73. The Hall–Kier alpha value is -1.06. The van der Waals surface area contributed by atoms with Crippen molar-refractivity contribution >= 4 is 0 Å². The smallest absolute Gasteiger partial charge is 0.119 e. The van der Waals surface area contributed by atoms with Gasteiger partial charge in [-0.15, -0.1) is 0 Å². The third kappa shape index (κ3) is 3.97. The van der Waals surface area contributed by atoms with Crippen LogP contribution in [0.1, 0.15) is 38.3 Å². The summed E-state index contributed by atoms with van der Waals surface area (Å²) in [5, 5.41) is 3.60. The van der Waals surface area contributed by atoms with E-state index < -0.39 is 0 Å². The second-order valence-electron chi connectivity index (χ2n) is 5.90. The monoisotopic (exact) mass is 276 g/mol. The summed E-state index contributed by atoms with van der Waals surface area (Å²) < 4.78 is 5.34. The summed E-state index contributed by atoms with van der Waals surface area (Å²) in [6, 6.07) is 9.45. The molecule has 1 aliphatic carbocycles. The molecule has 112 valence electrons. The van der Waals surface area contributed by atoms with E-state index in [9.17, 15) is 0 Å². The number of hydrogen-bond acceptors (Lipinski definition) is 3. The fourth-order valence-electron chi connectivity index (χ4n) is 2.79. The van der Waals surface area contributed by atoms with Crippen LogP contribution in [-0.4, -0.2) is 38.2 Å². The molecule has 3 heteroatoms. The molecule has 1 fully saturated rings. The minimum atomic E-state index is 0.362. The molecule has 1 N–H and O–H groups in total. The summed E-state index contributed by atoms with van der Waals surface area (Å²) in [7, 11) is 3.97. The first-order valence-corrected chi connectivity index (χ1v) is 7.73. The fourth-order valence-corrected chi connectivity index (χ4v) is 2.79. The van der Waals surface area contributed by atoms with Gasteiger partial charge in [-0.3, -0.25) is 0 Å². The zero-order valence-corrected chi connectivity index (χ0v) is 13.2. The molecule has 0 heterocycles. The number of methoxy groups -OCH3 is 1. The molecule has 0 amide bonds. The summed E-state index contributed by atoms with van der Waals surface area (Å²) in [5.74, 6) is 1.84. The van der Waals surface area contributed by atoms with E-state index in [1.54, 1.807) is 7.11 Å². The molecule has 0 spiro atoms. The van der Waals surface area contributed by atoms with E-state index in [1.807, 2.05) is 6.07 Å². The van der Waals surface area contributed by atoms with E-state index in [0.29, 0.717) is 12.1 Å². The number of hydrogen-bond donors (Lipinski definition) is 1. The van der Waals surface area contributed by atoms with Crippen LogP contribution < -0.4 is 10.1 Å². The third-order valence-corrected chi connectivity index (χ3v) is 4.42. The van der Waals surface area contributed by atoms with E-state index in [2.05, 4.69) is 49.3 Å². The second kappa shape index (κ2) is 7.09. The Kier molecular flexibility index (Phi) is 5.44. The van der Waals surface area contributed by atoms with Crippen molar-refractivity contribution in [2.45, 2.75) is 38.8 Å². The molecule has 0 aromatic heterocycles. The predicted octanol–water partition coefficient (Wildman–Crippen LogP) is 3.08. The molecule has 0 saturated heterocycles. The molecule has 0 aliphatic heterocycles. The number of nitrogens with zero attached hydrogens (tertiary/aromatic N) is 1. The highest BCUT2D eigenvalue weighted by Gasteiger charge is 2.31. The van der Waals surface area contributed by atoms with Gasteiger partial charge < -0.3 is 15.0 Å². The van der Waals surface area contributed by atoms with Gasteiger partial charge in [0.25, 0.3) is 0 Å². The van der Waals surface area contributed by atoms with Gasteiger partial charge in [-0.2, -0.15) is 0 Å². The molecule has 1 aromatic carbocycles. The Morgan fingerprint density at radius 3 is 2.75 bits per heavy atom. The summed E-state index contributed by atoms with van der Waals surface area (Å²) in [4.78, 5) is 2.49. The topological polar surface area (TPSA) is 24.5 Å². The molecular formula is C17H28N2O. The van der Waals surface area contributed by atoms with E-state index in [1.165, 1.54) is 18.4 Å². The van der Waals surface area contributed by atoms with Crippen molar-refractivity contribution in [1.29, 1.82) is 0 Å². The van der Waals surface area contributed by atoms with E-state index in [4.69, 9.17) is 4.74 Å². The summed E-state index contributed by atoms with van der Waals surface area (Å²) in [5.41, 5.74) is 1.31. The molecule has 1 aliphatic rings. The lowest BCUT2D eigenvalue weighted by Crippen LogP contribution is -2.38. The Labute approximate surface area is 123 Å². The fraction of sp³-hybridized carbons (Fsp3) is 0.647. The number of nitrogens with one attached hydrogen (secondary N) is 1. The normalized spacial score (nSPS) is 18.1. The van der Waals surface area contributed by atoms with Crippen LogP contribution >= 0.6 is 0 Å². The van der Waals surface area contributed by atoms with E-state index in [-0.39, 0.29) is 0 Å². The van der Waals surface area contributed by atoms with Gasteiger partial charge in [0.05, 0.1) is 7.11 Å². The highest BCUT2D eigenvalue weighted by molar-refractivity contribution is 5.30. The van der Waals surface area contributed by atoms with Gasteiger partial charge in [0, 0.05) is 18.6 Å². The molecule has 0 bridgehead atoms. The maximum atomic E-state index is 5.34. The summed E-state index contributed by atoms with van der Waals surface area (Å²) in [6.45, 7) is 6.54. The van der Waals surface area contributed by atoms with Crippen LogP contribution in [0, 0.1) is 5.92 Å². The number of ether oxygens (including phenoxy) is 1. The standard InChI is InChI=1S/C17H28N2O/c1-5-18-17(12-19(3)13(2)14-9-10-14)15-7-6-8-16(11-15)20-4/h6-8,11,13-14,17-18H,5,9-10,12H2,1-4H3. The first kappa shape index (κ1) is 15.3. The minimum Gasteiger partial charge on any atom is -0.497 e. The van der Waals surface area contributed by atoms with Crippen LogP contribution in [0.25, 0.3) is 0 Å². The predicted molar refractivity (Wildman–Crippen MR) is 84.2 cm³/mol. The van der Waals surface area contributed by atoms with Crippen molar-refractivity contribution in [3.63, 3.8) is 0 Å². The zero-order chi connectivity index (χ0) is 14.5. The van der Waals surface area contributed by atoms with E-state index >= 15 is 0 Å². The van der Waals surface area contributed by atoms with E-state index in [0.717, 1.165) is 24.8 Å². The van der Waals surface area contributed by atoms with Crippen LogP contribution in [0.4, 0.5) is 0 Å². The Morgan fingerprint density at radius 1 is 1.40 bits per heavy atom. The molecule has 2 unspecified atom stereocenters. The highest BCUT2D eigenvalue weighted by atomic mass is 16.5. The maximum absolute atomic E-state index is 5.34. The van der Waals surface area contributed by atoms with Gasteiger partial charge in [-0.1, -0.05) is 19.1 Å². The SMILES string of the molecule is CCNC(CN(C)C(C)C1CC1)c1cccc(OC)c1. The third-order valence-electron chi connectivity index (χ3n) is 4.42. The quantitative estimate of drug-likeness (QED) is 0.789. The van der Waals surface area contributed by atoms with Crippen LogP contribution in [0.15, 0.2) is 24.3 Å². The van der Waals surface area contributed by atoms with Crippen molar-refractivity contribution in [2.75, 3.05) is 27.2 Å². The highest BCUT2D eigenvalue weighted by Crippen LogP contribution is 2.35. The zero-order valence-electron chi connectivity index (χ0n) is 13.2. The molecule has 1 aromatic rings. The van der Waals surface area contributed by atoms with Crippen molar-refractivity contribution in [2.24, 2.45) is 5.92 Å². The van der Waals surface area contributed by atoms with Crippen molar-refractivity contribution in [1.82, 2.24) is 10.2 Å². The van der Waals surface area contributed by atoms with Gasteiger partial charge in [0.1, 0.15) is 5.75 Å². The second-order valence-corrected chi connectivity index (χ2v) is 5.90. The Bertz CT molecular complexity index is 417. The maximum Gasteiger partial charge on any atom is 0.119 e. The molecule has 0 radical (unpaired) electrons. The Morgan fingerprint density at radius 2 is 2.15 bits per heavy atom. The number of likely N-dealkylation sites (N-methyl/N-ethyl adjacent to an activating group) is 2. The van der Waals surface area contributed by atoms with Crippen molar-refractivity contribution in [3.05, 3.63) is 29.8 Å². The average Bonchev–Trinajstić information content (AvgIpc) is 3.30. The average molecular weight is 276 g/mol. The van der Waals surface area contributed by atoms with Crippen molar-refractivity contribution < 1.29 is 4.74 Å². The molecule has 2 atom stereocenters. The lowest BCUT2D eigenvalue weighted by Gasteiger charge is -2.30. The molecule has 20 heavy (non-hydrogen) atoms. The molecule has 3 nitrogen and oxygen atoms in total. The van der Waals surface area contributed by atoms with Crippen LogP contribution in [0.5, 0.6) is 5.75 Å². The lowest BCUT2D eigenvalue weighted by atomic mass is 10.0. The largest absolute Gasteiger partial charge is 0.497 e. The number of benzene rings is 1. The molecule has 1 saturated carbocycles. The minimum absolute atomic E-state index is 0.362. The lowest BCUT2D eigenvalue weighted by molar-refractivity contribution is 0.210. The Balaban J connectivity index is 2.04. The molecule has 2 rings (SSSR count). The van der Waals surface area contributed by atoms with Gasteiger partial charge in [-0.25, -0.2) is 0 Å². The molecular weight excluding hydrogens is 248 g/mol. The number of rotatable bonds is 8. The summed E-state index contributed by atoms with van der Waals surface area (Å²) >= 11 is 0. The van der Waals surface area contributed by atoms with Gasteiger partial charge in [-0.05, 0) is 57.0 Å².